The zero-order valence-corrected chi connectivity index (χ0v) is 11.3. The van der Waals surface area contributed by atoms with Crippen LogP contribution in [0.5, 0.6) is 5.75 Å². The molecule has 108 valence electrons. The van der Waals surface area contributed by atoms with E-state index in [0.29, 0.717) is 31.0 Å². The highest BCUT2D eigenvalue weighted by Gasteiger charge is 2.25. The molecule has 0 unspecified atom stereocenters. The minimum atomic E-state index is -0.591. The van der Waals surface area contributed by atoms with Gasteiger partial charge in [-0.2, -0.15) is 0 Å². The largest absolute Gasteiger partial charge is 0.491 e. The van der Waals surface area contributed by atoms with Gasteiger partial charge in [-0.25, -0.2) is 9.37 Å². The molecule has 0 fully saturated rings. The van der Waals surface area contributed by atoms with Crippen molar-refractivity contribution in [2.45, 2.75) is 6.42 Å². The molecule has 2 aromatic rings. The summed E-state index contributed by atoms with van der Waals surface area (Å²) in [6.07, 6.45) is 1.68. The molecule has 1 aromatic carbocycles. The molecule has 5 nitrogen and oxygen atoms in total. The van der Waals surface area contributed by atoms with Gasteiger partial charge in [0.25, 0.3) is 5.91 Å². The minimum absolute atomic E-state index is 0.0176. The van der Waals surface area contributed by atoms with E-state index >= 15 is 0 Å². The molecular formula is C15H14FN3O2. The maximum absolute atomic E-state index is 13.3. The van der Waals surface area contributed by atoms with Crippen LogP contribution in [0.2, 0.25) is 0 Å². The fraction of sp³-hybridized carbons (Fsp3) is 0.200. The average molecular weight is 287 g/mol. The predicted molar refractivity (Wildman–Crippen MR) is 76.8 cm³/mol. The lowest BCUT2D eigenvalue weighted by Crippen LogP contribution is -2.32. The fourth-order valence-corrected chi connectivity index (χ4v) is 2.30. The number of nitrogens with zero attached hydrogens (tertiary/aromatic N) is 2. The Morgan fingerprint density at radius 2 is 2.19 bits per heavy atom. The van der Waals surface area contributed by atoms with Crippen LogP contribution < -0.4 is 15.4 Å². The molecule has 21 heavy (non-hydrogen) atoms. The second-order valence-electron chi connectivity index (χ2n) is 4.71. The summed E-state index contributed by atoms with van der Waals surface area (Å²) in [5.41, 5.74) is 6.42. The van der Waals surface area contributed by atoms with Crippen molar-refractivity contribution in [1.82, 2.24) is 4.98 Å². The van der Waals surface area contributed by atoms with Crippen LogP contribution in [0.25, 0.3) is 0 Å². The number of rotatable bonds is 1. The molecule has 0 atom stereocenters. The summed E-state index contributed by atoms with van der Waals surface area (Å²) in [7, 11) is 0. The molecule has 0 aliphatic carbocycles. The Labute approximate surface area is 121 Å². The van der Waals surface area contributed by atoms with E-state index in [0.717, 1.165) is 12.3 Å². The molecule has 1 aliphatic heterocycles. The Balaban J connectivity index is 2.03. The number of benzene rings is 1. The van der Waals surface area contributed by atoms with Crippen LogP contribution in [-0.2, 0) is 0 Å². The average Bonchev–Trinajstić information content (AvgIpc) is 2.71. The number of carbonyl (C=O) groups excluding carboxylic acids is 1. The molecule has 6 heteroatoms. The lowest BCUT2D eigenvalue weighted by Gasteiger charge is -2.22. The number of fused-ring (bicyclic) bond motifs is 1. The van der Waals surface area contributed by atoms with E-state index in [4.69, 9.17) is 10.5 Å². The maximum atomic E-state index is 13.3. The SMILES string of the molecule is Nc1ncc(F)cc1C(=O)N1CCCOc2ccccc21. The van der Waals surface area contributed by atoms with Gasteiger partial charge in [-0.15, -0.1) is 0 Å². The summed E-state index contributed by atoms with van der Waals surface area (Å²) in [5, 5.41) is 0. The monoisotopic (exact) mass is 287 g/mol. The minimum Gasteiger partial charge on any atom is -0.491 e. The van der Waals surface area contributed by atoms with Gasteiger partial charge in [0.05, 0.1) is 24.1 Å². The molecule has 0 saturated heterocycles. The Kier molecular flexibility index (Phi) is 3.43. The first-order valence-corrected chi connectivity index (χ1v) is 6.61. The number of hydrogen-bond donors (Lipinski definition) is 1. The molecule has 0 radical (unpaired) electrons. The summed E-state index contributed by atoms with van der Waals surface area (Å²) in [6.45, 7) is 1.00. The first-order valence-electron chi connectivity index (χ1n) is 6.61. The van der Waals surface area contributed by atoms with Crippen molar-refractivity contribution in [2.24, 2.45) is 0 Å². The highest BCUT2D eigenvalue weighted by molar-refractivity contribution is 6.09. The third kappa shape index (κ3) is 2.52. The molecule has 1 amide bonds. The third-order valence-electron chi connectivity index (χ3n) is 3.30. The van der Waals surface area contributed by atoms with Crippen LogP contribution in [0.4, 0.5) is 15.9 Å². The van der Waals surface area contributed by atoms with Gasteiger partial charge in [-0.05, 0) is 24.6 Å². The number of halogens is 1. The van der Waals surface area contributed by atoms with Gasteiger partial charge in [-0.1, -0.05) is 12.1 Å². The second-order valence-corrected chi connectivity index (χ2v) is 4.71. The highest BCUT2D eigenvalue weighted by Crippen LogP contribution is 2.32. The van der Waals surface area contributed by atoms with Crippen LogP contribution in [-0.4, -0.2) is 24.0 Å². The number of amides is 1. The molecule has 1 aromatic heterocycles. The summed E-state index contributed by atoms with van der Waals surface area (Å²) in [6, 6.07) is 8.36. The lowest BCUT2D eigenvalue weighted by molar-refractivity contribution is 0.0987. The van der Waals surface area contributed by atoms with Gasteiger partial charge >= 0.3 is 0 Å². The van der Waals surface area contributed by atoms with E-state index < -0.39 is 5.82 Å². The predicted octanol–water partition coefficient (Wildman–Crippen LogP) is 2.23. The van der Waals surface area contributed by atoms with Crippen molar-refractivity contribution in [3.8, 4) is 5.75 Å². The van der Waals surface area contributed by atoms with Gasteiger partial charge in [0.2, 0.25) is 0 Å². The molecular weight excluding hydrogens is 273 g/mol. The number of hydrogen-bond acceptors (Lipinski definition) is 4. The van der Waals surface area contributed by atoms with Crippen LogP contribution in [0, 0.1) is 5.82 Å². The van der Waals surface area contributed by atoms with E-state index in [-0.39, 0.29) is 17.3 Å². The van der Waals surface area contributed by atoms with Crippen molar-refractivity contribution in [1.29, 1.82) is 0 Å². The van der Waals surface area contributed by atoms with Crippen molar-refractivity contribution in [3.05, 3.63) is 47.9 Å². The zero-order valence-electron chi connectivity index (χ0n) is 11.3. The van der Waals surface area contributed by atoms with E-state index in [1.54, 1.807) is 17.0 Å². The normalized spacial score (nSPS) is 14.0. The van der Waals surface area contributed by atoms with Gasteiger partial charge in [0.15, 0.2) is 0 Å². The topological polar surface area (TPSA) is 68.5 Å². The quantitative estimate of drug-likeness (QED) is 0.873. The number of pyridine rings is 1. The van der Waals surface area contributed by atoms with E-state index in [2.05, 4.69) is 4.98 Å². The zero-order chi connectivity index (χ0) is 14.8. The van der Waals surface area contributed by atoms with Crippen molar-refractivity contribution in [3.63, 3.8) is 0 Å². The number of nitrogen functional groups attached to an aromatic ring is 1. The number of para-hydroxylation sites is 2. The number of nitrogens with two attached hydrogens (primary N) is 1. The van der Waals surface area contributed by atoms with Crippen LogP contribution >= 0.6 is 0 Å². The van der Waals surface area contributed by atoms with E-state index in [9.17, 15) is 9.18 Å². The molecule has 2 heterocycles. The number of carbonyl (C=O) groups is 1. The molecule has 3 rings (SSSR count). The fourth-order valence-electron chi connectivity index (χ4n) is 2.30. The lowest BCUT2D eigenvalue weighted by atomic mass is 10.2. The number of aromatic nitrogens is 1. The molecule has 0 bridgehead atoms. The first kappa shape index (κ1) is 13.4. The Bertz CT molecular complexity index is 690. The second kappa shape index (κ2) is 5.40. The Hall–Kier alpha value is -2.63. The number of anilines is 2. The summed E-state index contributed by atoms with van der Waals surface area (Å²) < 4.78 is 18.9. The van der Waals surface area contributed by atoms with E-state index in [1.165, 1.54) is 0 Å². The Morgan fingerprint density at radius 3 is 3.05 bits per heavy atom. The van der Waals surface area contributed by atoms with Gasteiger partial charge in [-0.3, -0.25) is 4.79 Å². The standard InChI is InChI=1S/C15H14FN3O2/c16-10-8-11(14(17)18-9-10)15(20)19-6-3-7-21-13-5-2-1-4-12(13)19/h1-2,4-5,8-9H,3,6-7H2,(H2,17,18). The van der Waals surface area contributed by atoms with Crippen LogP contribution in [0.3, 0.4) is 0 Å². The van der Waals surface area contributed by atoms with Gasteiger partial charge < -0.3 is 15.4 Å². The van der Waals surface area contributed by atoms with Crippen LogP contribution in [0.1, 0.15) is 16.8 Å². The summed E-state index contributed by atoms with van der Waals surface area (Å²) in [4.78, 5) is 17.9. The number of ether oxygens (including phenoxy) is 1. The molecule has 1 aliphatic rings. The summed E-state index contributed by atoms with van der Waals surface area (Å²) in [5.74, 6) is -0.320. The third-order valence-corrected chi connectivity index (χ3v) is 3.30. The van der Waals surface area contributed by atoms with Gasteiger partial charge in [0, 0.05) is 6.54 Å². The molecule has 0 spiro atoms. The maximum Gasteiger partial charge on any atom is 0.262 e. The van der Waals surface area contributed by atoms with Crippen molar-refractivity contribution in [2.75, 3.05) is 23.8 Å². The summed E-state index contributed by atoms with van der Waals surface area (Å²) >= 11 is 0. The molecule has 0 saturated carbocycles. The first-order chi connectivity index (χ1) is 10.2. The van der Waals surface area contributed by atoms with E-state index in [1.807, 2.05) is 12.1 Å². The Morgan fingerprint density at radius 1 is 1.38 bits per heavy atom. The highest BCUT2D eigenvalue weighted by atomic mass is 19.1. The van der Waals surface area contributed by atoms with Crippen molar-refractivity contribution < 1.29 is 13.9 Å². The van der Waals surface area contributed by atoms with Crippen molar-refractivity contribution >= 4 is 17.4 Å². The smallest absolute Gasteiger partial charge is 0.262 e. The molecule has 2 N–H and O–H groups in total. The van der Waals surface area contributed by atoms with Gasteiger partial charge in [0.1, 0.15) is 17.4 Å². The van der Waals surface area contributed by atoms with Crippen LogP contribution in [0.15, 0.2) is 36.5 Å².